The number of nitrogens with one attached hydrogen (secondary N) is 2. The highest BCUT2D eigenvalue weighted by Crippen LogP contribution is 2.31. The van der Waals surface area contributed by atoms with Crippen LogP contribution in [0.1, 0.15) is 54.0 Å². The van der Waals surface area contributed by atoms with Crippen LogP contribution in [0.15, 0.2) is 30.7 Å². The van der Waals surface area contributed by atoms with Gasteiger partial charge in [-0.1, -0.05) is 31.0 Å². The Morgan fingerprint density at radius 2 is 2.00 bits per heavy atom. The molecule has 1 heterocycles. The smallest absolute Gasteiger partial charge is 0.208 e. The Kier molecular flexibility index (Phi) is 6.57. The minimum Gasteiger partial charge on any atom is -0.348 e. The summed E-state index contributed by atoms with van der Waals surface area (Å²) in [5.41, 5.74) is 5.11. The normalized spacial score (nSPS) is 13.1. The predicted molar refractivity (Wildman–Crippen MR) is 97.7 cm³/mol. The molecule has 0 fully saturated rings. The predicted octanol–water partition coefficient (Wildman–Crippen LogP) is 3.27. The van der Waals surface area contributed by atoms with Gasteiger partial charge >= 0.3 is 0 Å². The number of aryl methyl sites for hydroxylation is 1. The Hall–Kier alpha value is -1.66. The van der Waals surface area contributed by atoms with Gasteiger partial charge in [0.25, 0.3) is 0 Å². The first-order chi connectivity index (χ1) is 11.4. The van der Waals surface area contributed by atoms with E-state index >= 15 is 0 Å². The molecule has 0 saturated heterocycles. The average Bonchev–Trinajstić information content (AvgIpc) is 3.03. The standard InChI is InChI=1S/C18H27N3O2S/c1-14-8-7-10-16(15(14)2)17(18-12-19-13-20-18)9-5-4-6-11-21-24(3,22)23/h7-8,10,12-13,17,21H,4-6,9,11H2,1-3H3,(H,19,20). The topological polar surface area (TPSA) is 74.8 Å². The van der Waals surface area contributed by atoms with E-state index in [1.165, 1.54) is 22.9 Å². The molecular weight excluding hydrogens is 322 g/mol. The minimum absolute atomic E-state index is 0.301. The number of unbranched alkanes of at least 4 members (excludes halogenated alkanes) is 2. The highest BCUT2D eigenvalue weighted by molar-refractivity contribution is 7.88. The second-order valence-electron chi connectivity index (χ2n) is 6.36. The van der Waals surface area contributed by atoms with E-state index in [1.54, 1.807) is 6.33 Å². The Labute approximate surface area is 145 Å². The summed E-state index contributed by atoms with van der Waals surface area (Å²) >= 11 is 0. The van der Waals surface area contributed by atoms with Crippen LogP contribution in [-0.4, -0.2) is 31.2 Å². The molecule has 24 heavy (non-hydrogen) atoms. The number of nitrogens with zero attached hydrogens (tertiary/aromatic N) is 1. The lowest BCUT2D eigenvalue weighted by molar-refractivity contribution is 0.568. The monoisotopic (exact) mass is 349 g/mol. The number of imidazole rings is 1. The summed E-state index contributed by atoms with van der Waals surface area (Å²) in [4.78, 5) is 7.42. The van der Waals surface area contributed by atoms with E-state index in [-0.39, 0.29) is 0 Å². The van der Waals surface area contributed by atoms with E-state index in [9.17, 15) is 8.42 Å². The van der Waals surface area contributed by atoms with Crippen molar-refractivity contribution in [2.45, 2.75) is 45.4 Å². The lowest BCUT2D eigenvalue weighted by atomic mass is 9.86. The van der Waals surface area contributed by atoms with Gasteiger partial charge in [-0.15, -0.1) is 0 Å². The third kappa shape index (κ3) is 5.46. The summed E-state index contributed by atoms with van der Waals surface area (Å²) in [6.07, 6.45) is 8.74. The van der Waals surface area contributed by atoms with Gasteiger partial charge in [-0.25, -0.2) is 18.1 Å². The molecule has 0 spiro atoms. The molecule has 0 radical (unpaired) electrons. The summed E-state index contributed by atoms with van der Waals surface area (Å²) in [5, 5.41) is 0. The molecule has 0 aliphatic heterocycles. The van der Waals surface area contributed by atoms with Crippen LogP contribution in [0.5, 0.6) is 0 Å². The molecule has 5 nitrogen and oxygen atoms in total. The van der Waals surface area contributed by atoms with Crippen molar-refractivity contribution in [3.05, 3.63) is 53.1 Å². The lowest BCUT2D eigenvalue weighted by Gasteiger charge is -2.19. The number of rotatable bonds is 9. The second kappa shape index (κ2) is 8.44. The maximum Gasteiger partial charge on any atom is 0.208 e. The van der Waals surface area contributed by atoms with Gasteiger partial charge in [0.15, 0.2) is 0 Å². The van der Waals surface area contributed by atoms with E-state index in [1.807, 2.05) is 6.20 Å². The fourth-order valence-corrected chi connectivity index (χ4v) is 3.51. The third-order valence-electron chi connectivity index (χ3n) is 4.45. The molecule has 1 atom stereocenters. The van der Waals surface area contributed by atoms with Gasteiger partial charge in [0.1, 0.15) is 0 Å². The van der Waals surface area contributed by atoms with Crippen LogP contribution in [0.4, 0.5) is 0 Å². The number of benzene rings is 1. The van der Waals surface area contributed by atoms with Gasteiger partial charge in [0, 0.05) is 24.4 Å². The van der Waals surface area contributed by atoms with Crippen LogP contribution < -0.4 is 4.72 Å². The molecule has 0 aliphatic carbocycles. The summed E-state index contributed by atoms with van der Waals surface area (Å²) in [6.45, 7) is 4.82. The van der Waals surface area contributed by atoms with Crippen molar-refractivity contribution in [1.82, 2.24) is 14.7 Å². The fourth-order valence-electron chi connectivity index (χ4n) is 2.99. The van der Waals surface area contributed by atoms with E-state index < -0.39 is 10.0 Å². The first-order valence-electron chi connectivity index (χ1n) is 8.37. The SMILES string of the molecule is Cc1cccc(C(CCCCCNS(C)(=O)=O)c2cnc[nH]2)c1C. The van der Waals surface area contributed by atoms with Crippen LogP contribution in [0.3, 0.4) is 0 Å². The number of hydrogen-bond acceptors (Lipinski definition) is 3. The largest absolute Gasteiger partial charge is 0.348 e. The number of aromatic amines is 1. The fraction of sp³-hybridized carbons (Fsp3) is 0.500. The molecule has 2 N–H and O–H groups in total. The highest BCUT2D eigenvalue weighted by atomic mass is 32.2. The van der Waals surface area contributed by atoms with Crippen molar-refractivity contribution < 1.29 is 8.42 Å². The first kappa shape index (κ1) is 18.7. The summed E-state index contributed by atoms with van der Waals surface area (Å²) < 4.78 is 24.7. The maximum absolute atomic E-state index is 11.1. The van der Waals surface area contributed by atoms with Crippen molar-refractivity contribution in [2.75, 3.05) is 12.8 Å². The molecule has 2 aromatic rings. The number of H-pyrrole nitrogens is 1. The second-order valence-corrected chi connectivity index (χ2v) is 8.20. The van der Waals surface area contributed by atoms with E-state index in [0.717, 1.165) is 31.4 Å². The molecule has 0 aliphatic rings. The van der Waals surface area contributed by atoms with Crippen LogP contribution in [0.2, 0.25) is 0 Å². The Bertz CT molecular complexity index is 740. The van der Waals surface area contributed by atoms with Crippen molar-refractivity contribution in [3.63, 3.8) is 0 Å². The van der Waals surface area contributed by atoms with Gasteiger partial charge in [-0.3, -0.25) is 0 Å². The van der Waals surface area contributed by atoms with Crippen LogP contribution >= 0.6 is 0 Å². The molecule has 0 amide bonds. The van der Waals surface area contributed by atoms with Crippen LogP contribution in [0.25, 0.3) is 0 Å². The van der Waals surface area contributed by atoms with Crippen LogP contribution in [-0.2, 0) is 10.0 Å². The van der Waals surface area contributed by atoms with Gasteiger partial charge in [0.2, 0.25) is 10.0 Å². The molecule has 6 heteroatoms. The van der Waals surface area contributed by atoms with Crippen LogP contribution in [0, 0.1) is 13.8 Å². The van der Waals surface area contributed by atoms with Crippen molar-refractivity contribution in [1.29, 1.82) is 0 Å². The maximum atomic E-state index is 11.1. The van der Waals surface area contributed by atoms with Crippen molar-refractivity contribution >= 4 is 10.0 Å². The molecule has 2 rings (SSSR count). The lowest BCUT2D eigenvalue weighted by Crippen LogP contribution is -2.22. The molecule has 1 aromatic carbocycles. The van der Waals surface area contributed by atoms with E-state index in [4.69, 9.17) is 0 Å². The molecular formula is C18H27N3O2S. The van der Waals surface area contributed by atoms with Gasteiger partial charge in [-0.2, -0.15) is 0 Å². The third-order valence-corrected chi connectivity index (χ3v) is 5.18. The van der Waals surface area contributed by atoms with E-state index in [2.05, 4.69) is 46.7 Å². The summed E-state index contributed by atoms with van der Waals surface area (Å²) in [5.74, 6) is 0.301. The molecule has 132 valence electrons. The first-order valence-corrected chi connectivity index (χ1v) is 10.3. The van der Waals surface area contributed by atoms with Crippen molar-refractivity contribution in [3.8, 4) is 0 Å². The molecule has 1 unspecified atom stereocenters. The number of sulfonamides is 1. The zero-order valence-electron chi connectivity index (χ0n) is 14.7. The number of hydrogen-bond donors (Lipinski definition) is 2. The average molecular weight is 350 g/mol. The van der Waals surface area contributed by atoms with Gasteiger partial charge in [-0.05, 0) is 43.4 Å². The molecule has 0 bridgehead atoms. The Balaban J connectivity index is 1.97. The Morgan fingerprint density at radius 3 is 2.67 bits per heavy atom. The zero-order chi connectivity index (χ0) is 17.6. The summed E-state index contributed by atoms with van der Waals surface area (Å²) in [6, 6.07) is 6.44. The summed E-state index contributed by atoms with van der Waals surface area (Å²) in [7, 11) is -3.08. The van der Waals surface area contributed by atoms with E-state index in [0.29, 0.717) is 12.5 Å². The minimum atomic E-state index is -3.08. The highest BCUT2D eigenvalue weighted by Gasteiger charge is 2.18. The quantitative estimate of drug-likeness (QED) is 0.682. The van der Waals surface area contributed by atoms with Gasteiger partial charge < -0.3 is 4.98 Å². The van der Waals surface area contributed by atoms with Crippen molar-refractivity contribution in [2.24, 2.45) is 0 Å². The number of aromatic nitrogens is 2. The Morgan fingerprint density at radius 1 is 1.21 bits per heavy atom. The molecule has 1 aromatic heterocycles. The zero-order valence-corrected chi connectivity index (χ0v) is 15.5. The molecule has 0 saturated carbocycles. The van der Waals surface area contributed by atoms with Gasteiger partial charge in [0.05, 0.1) is 12.6 Å².